The molecular weight excluding hydrogens is 323 g/mol. The molecule has 1 atom stereocenters. The summed E-state index contributed by atoms with van der Waals surface area (Å²) >= 11 is 0. The molecule has 2 aliphatic rings. The molecule has 7 heteroatoms. The number of anilines is 1. The van der Waals surface area contributed by atoms with Gasteiger partial charge in [-0.15, -0.1) is 6.58 Å². The van der Waals surface area contributed by atoms with Gasteiger partial charge in [0, 0.05) is 51.9 Å². The maximum absolute atomic E-state index is 13.9. The lowest BCUT2D eigenvalue weighted by molar-refractivity contribution is -0.135. The van der Waals surface area contributed by atoms with Crippen molar-refractivity contribution in [2.75, 3.05) is 44.2 Å². The van der Waals surface area contributed by atoms with E-state index in [1.54, 1.807) is 23.2 Å². The lowest BCUT2D eigenvalue weighted by Gasteiger charge is -2.25. The first-order valence-electron chi connectivity index (χ1n) is 8.62. The minimum atomic E-state index is -0.344. The van der Waals surface area contributed by atoms with E-state index in [1.165, 1.54) is 6.20 Å². The number of amides is 2. The first-order chi connectivity index (χ1) is 12.1. The summed E-state index contributed by atoms with van der Waals surface area (Å²) in [6.45, 7) is 7.02. The number of likely N-dealkylation sites (tertiary alicyclic amines) is 1. The fourth-order valence-electron chi connectivity index (χ4n) is 3.53. The smallest absolute Gasteiger partial charge is 0.228 e. The molecule has 0 aromatic carbocycles. The Morgan fingerprint density at radius 1 is 1.36 bits per heavy atom. The molecule has 2 saturated heterocycles. The summed E-state index contributed by atoms with van der Waals surface area (Å²) in [6, 6.07) is 1.66. The van der Waals surface area contributed by atoms with E-state index in [1.807, 2.05) is 9.80 Å². The zero-order valence-corrected chi connectivity index (χ0v) is 14.2. The van der Waals surface area contributed by atoms with Crippen LogP contribution in [0.25, 0.3) is 0 Å². The molecule has 2 amide bonds. The highest BCUT2D eigenvalue weighted by Crippen LogP contribution is 2.23. The van der Waals surface area contributed by atoms with Crippen molar-refractivity contribution in [3.05, 3.63) is 36.9 Å². The predicted octanol–water partition coefficient (Wildman–Crippen LogP) is 1.29. The monoisotopic (exact) mass is 346 g/mol. The topological polar surface area (TPSA) is 56.8 Å². The van der Waals surface area contributed by atoms with E-state index < -0.39 is 0 Å². The number of rotatable bonds is 4. The number of hydrogen-bond acceptors (Lipinski definition) is 4. The zero-order chi connectivity index (χ0) is 17.8. The molecule has 134 valence electrons. The molecule has 0 N–H and O–H groups in total. The third-order valence-electron chi connectivity index (χ3n) is 4.81. The van der Waals surface area contributed by atoms with Gasteiger partial charge in [-0.05, 0) is 12.5 Å². The second kappa shape index (κ2) is 7.63. The summed E-state index contributed by atoms with van der Waals surface area (Å²) in [6.07, 6.45) is 5.50. The van der Waals surface area contributed by atoms with Gasteiger partial charge in [0.1, 0.15) is 0 Å². The van der Waals surface area contributed by atoms with Crippen molar-refractivity contribution < 1.29 is 14.0 Å². The van der Waals surface area contributed by atoms with Crippen LogP contribution in [-0.2, 0) is 9.59 Å². The van der Waals surface area contributed by atoms with Gasteiger partial charge in [-0.3, -0.25) is 14.6 Å². The number of pyridine rings is 1. The average molecular weight is 346 g/mol. The summed E-state index contributed by atoms with van der Waals surface area (Å²) in [4.78, 5) is 34.0. The van der Waals surface area contributed by atoms with Gasteiger partial charge in [-0.2, -0.15) is 0 Å². The summed E-state index contributed by atoms with van der Waals surface area (Å²) in [5.41, 5.74) is 0.525. The minimum Gasteiger partial charge on any atom is -0.367 e. The molecule has 3 rings (SSSR count). The molecule has 0 aliphatic carbocycles. The molecule has 2 aliphatic heterocycles. The van der Waals surface area contributed by atoms with Gasteiger partial charge < -0.3 is 14.7 Å². The standard InChI is InChI=1S/C18H23FN4O2/c1-2-6-23-13-14(11-17(23)24)18(25)22-8-3-7-21(9-10-22)16-4-5-20-12-15(16)19/h2,4-5,12,14H,1,3,6-11,13H2. The molecule has 0 saturated carbocycles. The normalized spacial score (nSPS) is 21.4. The highest BCUT2D eigenvalue weighted by atomic mass is 19.1. The maximum Gasteiger partial charge on any atom is 0.228 e. The van der Waals surface area contributed by atoms with Gasteiger partial charge in [0.05, 0.1) is 17.8 Å². The number of hydrogen-bond donors (Lipinski definition) is 0. The van der Waals surface area contributed by atoms with E-state index in [9.17, 15) is 14.0 Å². The number of aromatic nitrogens is 1. The molecule has 6 nitrogen and oxygen atoms in total. The summed E-state index contributed by atoms with van der Waals surface area (Å²) < 4.78 is 13.9. The lowest BCUT2D eigenvalue weighted by Crippen LogP contribution is -2.40. The molecule has 2 fully saturated rings. The second-order valence-electron chi connectivity index (χ2n) is 6.48. The van der Waals surface area contributed by atoms with Gasteiger partial charge in [-0.1, -0.05) is 6.08 Å². The van der Waals surface area contributed by atoms with E-state index >= 15 is 0 Å². The Kier molecular flexibility index (Phi) is 5.31. The fourth-order valence-corrected chi connectivity index (χ4v) is 3.53. The summed E-state index contributed by atoms with van der Waals surface area (Å²) in [5.74, 6) is -0.592. The lowest BCUT2D eigenvalue weighted by atomic mass is 10.1. The van der Waals surface area contributed by atoms with Gasteiger partial charge in [0.25, 0.3) is 0 Å². The number of nitrogens with zero attached hydrogens (tertiary/aromatic N) is 4. The van der Waals surface area contributed by atoms with Gasteiger partial charge >= 0.3 is 0 Å². The van der Waals surface area contributed by atoms with Crippen LogP contribution in [0.2, 0.25) is 0 Å². The molecule has 0 bridgehead atoms. The molecule has 0 radical (unpaired) electrons. The van der Waals surface area contributed by atoms with Gasteiger partial charge in [0.2, 0.25) is 11.8 Å². The van der Waals surface area contributed by atoms with Crippen LogP contribution in [0.5, 0.6) is 0 Å². The van der Waals surface area contributed by atoms with Crippen molar-refractivity contribution in [3.63, 3.8) is 0 Å². The van der Waals surface area contributed by atoms with Crippen LogP contribution in [0, 0.1) is 11.7 Å². The van der Waals surface area contributed by atoms with Crippen molar-refractivity contribution in [2.24, 2.45) is 5.92 Å². The Morgan fingerprint density at radius 3 is 2.96 bits per heavy atom. The van der Waals surface area contributed by atoms with Crippen LogP contribution < -0.4 is 4.90 Å². The van der Waals surface area contributed by atoms with E-state index in [-0.39, 0.29) is 30.0 Å². The number of halogens is 1. The minimum absolute atomic E-state index is 0.00792. The largest absolute Gasteiger partial charge is 0.367 e. The predicted molar refractivity (Wildman–Crippen MR) is 92.5 cm³/mol. The van der Waals surface area contributed by atoms with Crippen molar-refractivity contribution in [2.45, 2.75) is 12.8 Å². The van der Waals surface area contributed by atoms with Crippen molar-refractivity contribution in [1.82, 2.24) is 14.8 Å². The molecule has 1 unspecified atom stereocenters. The number of carbonyl (C=O) groups excluding carboxylic acids is 2. The molecule has 25 heavy (non-hydrogen) atoms. The Labute approximate surface area is 146 Å². The highest BCUT2D eigenvalue weighted by molar-refractivity contribution is 5.89. The van der Waals surface area contributed by atoms with Gasteiger partial charge in [-0.25, -0.2) is 4.39 Å². The van der Waals surface area contributed by atoms with Crippen LogP contribution in [0.4, 0.5) is 10.1 Å². The molecule has 1 aromatic rings. The Bertz CT molecular complexity index is 666. The third kappa shape index (κ3) is 3.81. The Hall–Kier alpha value is -2.44. The van der Waals surface area contributed by atoms with Gasteiger partial charge in [0.15, 0.2) is 5.82 Å². The zero-order valence-electron chi connectivity index (χ0n) is 14.2. The van der Waals surface area contributed by atoms with Crippen LogP contribution in [0.15, 0.2) is 31.1 Å². The highest BCUT2D eigenvalue weighted by Gasteiger charge is 2.36. The van der Waals surface area contributed by atoms with Crippen molar-refractivity contribution >= 4 is 17.5 Å². The first kappa shape index (κ1) is 17.4. The first-order valence-corrected chi connectivity index (χ1v) is 8.62. The molecule has 3 heterocycles. The second-order valence-corrected chi connectivity index (χ2v) is 6.48. The van der Waals surface area contributed by atoms with E-state index in [0.29, 0.717) is 45.0 Å². The third-order valence-corrected chi connectivity index (χ3v) is 4.81. The van der Waals surface area contributed by atoms with Crippen molar-refractivity contribution in [3.8, 4) is 0 Å². The SMILES string of the molecule is C=CCN1CC(C(=O)N2CCCN(c3ccncc3F)CC2)CC1=O. The Balaban J connectivity index is 1.61. The Morgan fingerprint density at radius 2 is 2.20 bits per heavy atom. The van der Waals surface area contributed by atoms with E-state index in [2.05, 4.69) is 11.6 Å². The number of carbonyl (C=O) groups is 2. The van der Waals surface area contributed by atoms with Crippen LogP contribution >= 0.6 is 0 Å². The van der Waals surface area contributed by atoms with E-state index in [0.717, 1.165) is 6.42 Å². The molecule has 0 spiro atoms. The summed E-state index contributed by atoms with van der Waals surface area (Å²) in [7, 11) is 0. The van der Waals surface area contributed by atoms with Crippen molar-refractivity contribution in [1.29, 1.82) is 0 Å². The van der Waals surface area contributed by atoms with E-state index in [4.69, 9.17) is 0 Å². The average Bonchev–Trinajstić information content (AvgIpc) is 2.83. The maximum atomic E-state index is 13.9. The van der Waals surface area contributed by atoms with Crippen LogP contribution in [0.1, 0.15) is 12.8 Å². The fraction of sp³-hybridized carbons (Fsp3) is 0.500. The van der Waals surface area contributed by atoms with Crippen LogP contribution in [0.3, 0.4) is 0 Å². The molecule has 1 aromatic heterocycles. The quantitative estimate of drug-likeness (QED) is 0.771. The summed E-state index contributed by atoms with van der Waals surface area (Å²) in [5, 5.41) is 0. The van der Waals surface area contributed by atoms with Crippen LogP contribution in [-0.4, -0.2) is 65.9 Å². The molecular formula is C18H23FN4O2.